The molecule has 3 rings (SSSR count). The van der Waals surface area contributed by atoms with Crippen molar-refractivity contribution in [3.05, 3.63) is 53.2 Å². The molecule has 1 amide bonds. The van der Waals surface area contributed by atoms with Gasteiger partial charge in [-0.2, -0.15) is 0 Å². The number of nitrogen functional groups attached to an aromatic ring is 1. The van der Waals surface area contributed by atoms with E-state index >= 15 is 0 Å². The van der Waals surface area contributed by atoms with Gasteiger partial charge >= 0.3 is 5.97 Å². The number of carbonyl (C=O) groups excluding carboxylic acids is 2. The lowest BCUT2D eigenvalue weighted by Gasteiger charge is -2.15. The van der Waals surface area contributed by atoms with Crippen molar-refractivity contribution < 1.29 is 33.6 Å². The minimum Gasteiger partial charge on any atom is -0.493 e. The van der Waals surface area contributed by atoms with E-state index in [-0.39, 0.29) is 30.4 Å². The third-order valence-electron chi connectivity index (χ3n) is 5.77. The zero-order valence-corrected chi connectivity index (χ0v) is 22.0. The van der Waals surface area contributed by atoms with E-state index in [0.717, 1.165) is 0 Å². The van der Waals surface area contributed by atoms with Crippen molar-refractivity contribution in [1.82, 2.24) is 10.3 Å². The maximum Gasteiger partial charge on any atom is 0.342 e. The number of pyridine rings is 1. The van der Waals surface area contributed by atoms with Crippen LogP contribution in [0.2, 0.25) is 0 Å². The van der Waals surface area contributed by atoms with Crippen LogP contribution < -0.4 is 25.3 Å². The molecule has 1 heterocycles. The highest BCUT2D eigenvalue weighted by molar-refractivity contribution is 6.07. The van der Waals surface area contributed by atoms with Crippen LogP contribution in [0.4, 0.5) is 5.69 Å². The standard InChI is InChI=1S/C28H35N3O7/c1-4-36-28(34)23-18(2)31-20-11-8-12-21(24(20)25(23)29)37-16-6-5-14-30-27(33)19-10-7-13-22(26(19)35-3)38-17-9-15-32/h7-8,10-13,32H,4-6,9,14-17H2,1-3H3,(H2,29,31)(H,30,33). The highest BCUT2D eigenvalue weighted by Crippen LogP contribution is 2.34. The first-order valence-electron chi connectivity index (χ1n) is 12.6. The molecule has 0 bridgehead atoms. The van der Waals surface area contributed by atoms with Gasteiger partial charge in [-0.15, -0.1) is 0 Å². The molecule has 0 saturated heterocycles. The maximum atomic E-state index is 12.7. The summed E-state index contributed by atoms with van der Waals surface area (Å²) in [6, 6.07) is 10.5. The lowest BCUT2D eigenvalue weighted by molar-refractivity contribution is 0.0526. The fraction of sp³-hybridized carbons (Fsp3) is 0.393. The van der Waals surface area contributed by atoms with E-state index in [1.165, 1.54) is 7.11 Å². The third kappa shape index (κ3) is 6.83. The summed E-state index contributed by atoms with van der Waals surface area (Å²) < 4.78 is 22.1. The first-order valence-corrected chi connectivity index (χ1v) is 12.6. The van der Waals surface area contributed by atoms with Gasteiger partial charge in [-0.05, 0) is 51.0 Å². The minimum atomic E-state index is -0.513. The predicted octanol–water partition coefficient (Wildman–Crippen LogP) is 3.66. The van der Waals surface area contributed by atoms with Crippen LogP contribution in [0.15, 0.2) is 36.4 Å². The van der Waals surface area contributed by atoms with E-state index in [2.05, 4.69) is 10.3 Å². The van der Waals surface area contributed by atoms with E-state index in [9.17, 15) is 9.59 Å². The number of fused-ring (bicyclic) bond motifs is 1. The molecule has 1 aromatic heterocycles. The van der Waals surface area contributed by atoms with E-state index in [1.54, 1.807) is 38.1 Å². The number of carbonyl (C=O) groups is 2. The summed E-state index contributed by atoms with van der Waals surface area (Å²) in [4.78, 5) is 29.6. The molecule has 10 heteroatoms. The number of rotatable bonds is 14. The first-order chi connectivity index (χ1) is 18.4. The zero-order valence-electron chi connectivity index (χ0n) is 22.0. The fourth-order valence-corrected chi connectivity index (χ4v) is 3.99. The number of aliphatic hydroxyl groups is 1. The van der Waals surface area contributed by atoms with Gasteiger partial charge in [-0.1, -0.05) is 12.1 Å². The summed E-state index contributed by atoms with van der Waals surface area (Å²) >= 11 is 0. The predicted molar refractivity (Wildman–Crippen MR) is 144 cm³/mol. The normalized spacial score (nSPS) is 10.7. The summed E-state index contributed by atoms with van der Waals surface area (Å²) in [5.41, 5.74) is 8.40. The summed E-state index contributed by atoms with van der Waals surface area (Å²) in [6.45, 7) is 4.85. The number of ether oxygens (including phenoxy) is 4. The quantitative estimate of drug-likeness (QED) is 0.212. The number of nitrogens with zero attached hydrogens (tertiary/aromatic N) is 1. The largest absolute Gasteiger partial charge is 0.493 e. The first kappa shape index (κ1) is 28.5. The Morgan fingerprint density at radius 2 is 1.74 bits per heavy atom. The van der Waals surface area contributed by atoms with Crippen molar-refractivity contribution in [1.29, 1.82) is 0 Å². The molecule has 0 spiro atoms. The van der Waals surface area contributed by atoms with Crippen LogP contribution in [0.3, 0.4) is 0 Å². The zero-order chi connectivity index (χ0) is 27.5. The van der Waals surface area contributed by atoms with Crippen molar-refractivity contribution in [2.24, 2.45) is 0 Å². The van der Waals surface area contributed by atoms with Crippen LogP contribution in [-0.2, 0) is 4.74 Å². The van der Waals surface area contributed by atoms with E-state index in [1.807, 2.05) is 12.1 Å². The molecule has 0 fully saturated rings. The Morgan fingerprint density at radius 1 is 1.03 bits per heavy atom. The second-order valence-electron chi connectivity index (χ2n) is 8.43. The summed E-state index contributed by atoms with van der Waals surface area (Å²) in [7, 11) is 1.48. The summed E-state index contributed by atoms with van der Waals surface area (Å²) in [5.74, 6) is 0.550. The minimum absolute atomic E-state index is 0.0191. The van der Waals surface area contributed by atoms with Crippen LogP contribution in [0.5, 0.6) is 17.2 Å². The molecule has 0 saturated carbocycles. The number of nitrogens with two attached hydrogens (primary N) is 1. The molecule has 4 N–H and O–H groups in total. The summed E-state index contributed by atoms with van der Waals surface area (Å²) in [5, 5.41) is 12.4. The van der Waals surface area contributed by atoms with Gasteiger partial charge < -0.3 is 35.1 Å². The van der Waals surface area contributed by atoms with Crippen molar-refractivity contribution in [2.75, 3.05) is 45.8 Å². The van der Waals surface area contributed by atoms with Gasteiger partial charge in [0.25, 0.3) is 5.91 Å². The number of methoxy groups -OCH3 is 1. The molecule has 2 aromatic carbocycles. The van der Waals surface area contributed by atoms with Crippen molar-refractivity contribution in [3.8, 4) is 17.2 Å². The Bertz CT molecular complexity index is 1260. The average molecular weight is 526 g/mol. The Labute approximate surface area is 222 Å². The molecule has 0 aliphatic heterocycles. The number of nitrogens with one attached hydrogen (secondary N) is 1. The topological polar surface area (TPSA) is 142 Å². The molecular formula is C28H35N3O7. The maximum absolute atomic E-state index is 12.7. The van der Waals surface area contributed by atoms with Crippen molar-refractivity contribution in [2.45, 2.75) is 33.1 Å². The lowest BCUT2D eigenvalue weighted by atomic mass is 10.1. The van der Waals surface area contributed by atoms with Crippen LogP contribution in [-0.4, -0.2) is 62.0 Å². The molecule has 0 aliphatic rings. The molecular weight excluding hydrogens is 490 g/mol. The van der Waals surface area contributed by atoms with Crippen LogP contribution in [0.1, 0.15) is 52.6 Å². The van der Waals surface area contributed by atoms with Gasteiger partial charge in [0.05, 0.1) is 54.8 Å². The number of amides is 1. The lowest BCUT2D eigenvalue weighted by Crippen LogP contribution is -2.25. The van der Waals surface area contributed by atoms with Crippen LogP contribution in [0, 0.1) is 6.92 Å². The Hall–Kier alpha value is -4.05. The fourth-order valence-electron chi connectivity index (χ4n) is 3.99. The van der Waals surface area contributed by atoms with Crippen LogP contribution >= 0.6 is 0 Å². The number of anilines is 1. The van der Waals surface area contributed by atoms with Gasteiger partial charge in [-0.3, -0.25) is 9.78 Å². The molecule has 0 aliphatic carbocycles. The highest BCUT2D eigenvalue weighted by atomic mass is 16.5. The Kier molecular flexibility index (Phi) is 10.5. The molecule has 10 nitrogen and oxygen atoms in total. The number of para-hydroxylation sites is 1. The number of aromatic nitrogens is 1. The average Bonchev–Trinajstić information content (AvgIpc) is 2.90. The van der Waals surface area contributed by atoms with Gasteiger partial charge in [0.15, 0.2) is 11.5 Å². The van der Waals surface area contributed by atoms with E-state index in [4.69, 9.17) is 29.8 Å². The third-order valence-corrected chi connectivity index (χ3v) is 5.77. The van der Waals surface area contributed by atoms with Gasteiger partial charge in [-0.25, -0.2) is 4.79 Å². The molecule has 0 atom stereocenters. The van der Waals surface area contributed by atoms with E-state index in [0.29, 0.717) is 78.4 Å². The second-order valence-corrected chi connectivity index (χ2v) is 8.43. The smallest absolute Gasteiger partial charge is 0.342 e. The number of unbranched alkanes of at least 4 members (excludes halogenated alkanes) is 1. The van der Waals surface area contributed by atoms with Crippen molar-refractivity contribution in [3.63, 3.8) is 0 Å². The molecule has 204 valence electrons. The second kappa shape index (κ2) is 14.0. The number of esters is 1. The number of aliphatic hydroxyl groups excluding tert-OH is 1. The Morgan fingerprint density at radius 3 is 2.47 bits per heavy atom. The molecule has 38 heavy (non-hydrogen) atoms. The van der Waals surface area contributed by atoms with Crippen LogP contribution in [0.25, 0.3) is 10.9 Å². The number of benzene rings is 2. The highest BCUT2D eigenvalue weighted by Gasteiger charge is 2.21. The molecule has 3 aromatic rings. The SMILES string of the molecule is CCOC(=O)c1c(C)nc2cccc(OCCCCNC(=O)c3cccc(OCCCO)c3OC)c2c1N. The number of hydrogen-bond acceptors (Lipinski definition) is 9. The monoisotopic (exact) mass is 525 g/mol. The molecule has 0 radical (unpaired) electrons. The van der Waals surface area contributed by atoms with Gasteiger partial charge in [0.2, 0.25) is 0 Å². The van der Waals surface area contributed by atoms with E-state index < -0.39 is 5.97 Å². The molecule has 0 unspecified atom stereocenters. The van der Waals surface area contributed by atoms with Gasteiger partial charge in [0, 0.05) is 19.6 Å². The van der Waals surface area contributed by atoms with Crippen molar-refractivity contribution >= 4 is 28.5 Å². The Balaban J connectivity index is 1.57. The number of hydrogen-bond donors (Lipinski definition) is 3. The number of aryl methyl sites for hydroxylation is 1. The summed E-state index contributed by atoms with van der Waals surface area (Å²) in [6.07, 6.45) is 1.82. The van der Waals surface area contributed by atoms with Gasteiger partial charge in [0.1, 0.15) is 11.3 Å².